The maximum absolute atomic E-state index is 12.2. The van der Waals surface area contributed by atoms with Crippen molar-refractivity contribution in [2.45, 2.75) is 6.04 Å². The molecular formula is C13H15N3O4. The van der Waals surface area contributed by atoms with Gasteiger partial charge in [0.15, 0.2) is 0 Å². The molecule has 20 heavy (non-hydrogen) atoms. The molecule has 3 N–H and O–H groups in total. The average Bonchev–Trinajstić information content (AvgIpc) is 2.63. The first kappa shape index (κ1) is 14.0. The van der Waals surface area contributed by atoms with Crippen LogP contribution in [0.4, 0.5) is 5.69 Å². The fraction of sp³-hybridized carbons (Fsp3) is 0.308. The van der Waals surface area contributed by atoms with E-state index in [0.29, 0.717) is 0 Å². The molecule has 0 aliphatic carbocycles. The third-order valence-electron chi connectivity index (χ3n) is 3.17. The summed E-state index contributed by atoms with van der Waals surface area (Å²) < 4.78 is 0. The van der Waals surface area contributed by atoms with Gasteiger partial charge in [-0.25, -0.2) is 0 Å². The summed E-state index contributed by atoms with van der Waals surface area (Å²) in [6.07, 6.45) is 0. The second kappa shape index (κ2) is 4.93. The first-order chi connectivity index (χ1) is 9.32. The number of aliphatic carboxylic acids is 1. The zero-order valence-electron chi connectivity index (χ0n) is 11.2. The second-order valence-corrected chi connectivity index (χ2v) is 4.79. The van der Waals surface area contributed by atoms with Gasteiger partial charge in [0.05, 0.1) is 17.7 Å². The topological polar surface area (TPSA) is 104 Å². The number of amides is 2. The number of nitrogens with two attached hydrogens (primary N) is 1. The Kier molecular flexibility index (Phi) is 3.46. The lowest BCUT2D eigenvalue weighted by molar-refractivity contribution is -0.138. The number of fused-ring (bicyclic) bond motifs is 1. The van der Waals surface area contributed by atoms with Crippen LogP contribution >= 0.6 is 0 Å². The minimum atomic E-state index is -1.29. The summed E-state index contributed by atoms with van der Waals surface area (Å²) in [6.45, 7) is -0.334. The van der Waals surface area contributed by atoms with E-state index >= 15 is 0 Å². The number of hydrogen-bond donors (Lipinski definition) is 2. The molecule has 1 aliphatic rings. The fourth-order valence-corrected chi connectivity index (χ4v) is 2.00. The van der Waals surface area contributed by atoms with Crippen molar-refractivity contribution in [3.63, 3.8) is 0 Å². The van der Waals surface area contributed by atoms with Crippen LogP contribution in [0.2, 0.25) is 0 Å². The predicted molar refractivity (Wildman–Crippen MR) is 71.7 cm³/mol. The normalized spacial score (nSPS) is 15.2. The molecular weight excluding hydrogens is 262 g/mol. The molecule has 1 aromatic rings. The lowest BCUT2D eigenvalue weighted by Gasteiger charge is -2.16. The van der Waals surface area contributed by atoms with Gasteiger partial charge in [-0.2, -0.15) is 0 Å². The maximum atomic E-state index is 12.2. The summed E-state index contributed by atoms with van der Waals surface area (Å²) in [4.78, 5) is 37.7. The van der Waals surface area contributed by atoms with Crippen molar-refractivity contribution >= 4 is 23.5 Å². The first-order valence-corrected chi connectivity index (χ1v) is 5.99. The number of nitrogens with zero attached hydrogens (tertiary/aromatic N) is 2. The van der Waals surface area contributed by atoms with Crippen LogP contribution in [-0.4, -0.2) is 54.5 Å². The van der Waals surface area contributed by atoms with E-state index in [1.807, 2.05) is 19.0 Å². The molecule has 7 heteroatoms. The predicted octanol–water partition coefficient (Wildman–Crippen LogP) is -0.239. The van der Waals surface area contributed by atoms with Crippen molar-refractivity contribution in [3.8, 4) is 0 Å². The molecule has 1 aliphatic heterocycles. The summed E-state index contributed by atoms with van der Waals surface area (Å²) in [5, 5.41) is 8.77. The van der Waals surface area contributed by atoms with Crippen LogP contribution in [0.1, 0.15) is 20.7 Å². The molecule has 0 spiro atoms. The van der Waals surface area contributed by atoms with E-state index in [1.54, 1.807) is 18.2 Å². The molecule has 106 valence electrons. The Hall–Kier alpha value is -2.41. The van der Waals surface area contributed by atoms with Gasteiger partial charge in [0.25, 0.3) is 11.8 Å². The number of imide groups is 1. The highest BCUT2D eigenvalue weighted by Crippen LogP contribution is 2.26. The molecule has 1 atom stereocenters. The lowest BCUT2D eigenvalue weighted by Crippen LogP contribution is -2.45. The molecule has 0 radical (unpaired) electrons. The standard InChI is InChI=1S/C13H15N3O4/c1-15(2)7-3-4-8-9(5-7)12(18)16(11(8)17)6-10(14)13(19)20/h3-5,10H,6,14H2,1-2H3,(H,19,20)/t10-/m0/s1. The summed E-state index contributed by atoms with van der Waals surface area (Å²) >= 11 is 0. The highest BCUT2D eigenvalue weighted by Gasteiger charge is 2.37. The number of rotatable bonds is 4. The van der Waals surface area contributed by atoms with Crippen LogP contribution in [0.25, 0.3) is 0 Å². The summed E-state index contributed by atoms with van der Waals surface area (Å²) in [5.41, 5.74) is 6.72. The first-order valence-electron chi connectivity index (χ1n) is 5.99. The van der Waals surface area contributed by atoms with Crippen molar-refractivity contribution in [1.29, 1.82) is 0 Å². The molecule has 7 nitrogen and oxygen atoms in total. The summed E-state index contributed by atoms with van der Waals surface area (Å²) in [7, 11) is 3.64. The Bertz CT molecular complexity index is 597. The van der Waals surface area contributed by atoms with Gasteiger partial charge < -0.3 is 15.7 Å². The molecule has 0 bridgehead atoms. The Labute approximate surface area is 115 Å². The van der Waals surface area contributed by atoms with E-state index in [-0.39, 0.29) is 17.7 Å². The zero-order valence-corrected chi connectivity index (χ0v) is 11.2. The monoisotopic (exact) mass is 277 g/mol. The van der Waals surface area contributed by atoms with Gasteiger partial charge in [0, 0.05) is 19.8 Å². The van der Waals surface area contributed by atoms with Crippen LogP contribution in [0.5, 0.6) is 0 Å². The third kappa shape index (κ3) is 2.23. The Morgan fingerprint density at radius 1 is 1.30 bits per heavy atom. The molecule has 1 heterocycles. The third-order valence-corrected chi connectivity index (χ3v) is 3.17. The van der Waals surface area contributed by atoms with Crippen molar-refractivity contribution in [2.75, 3.05) is 25.5 Å². The number of carbonyl (C=O) groups is 3. The Morgan fingerprint density at radius 3 is 2.45 bits per heavy atom. The minimum absolute atomic E-state index is 0.276. The number of hydrogen-bond acceptors (Lipinski definition) is 5. The zero-order chi connectivity index (χ0) is 15.0. The maximum Gasteiger partial charge on any atom is 0.322 e. The Morgan fingerprint density at radius 2 is 1.90 bits per heavy atom. The molecule has 0 fully saturated rings. The van der Waals surface area contributed by atoms with Crippen molar-refractivity contribution < 1.29 is 19.5 Å². The summed E-state index contributed by atoms with van der Waals surface area (Å²) in [6, 6.07) is 3.62. The van der Waals surface area contributed by atoms with Gasteiger partial charge in [0.1, 0.15) is 6.04 Å². The van der Waals surface area contributed by atoms with Gasteiger partial charge in [-0.15, -0.1) is 0 Å². The highest BCUT2D eigenvalue weighted by molar-refractivity contribution is 6.21. The number of benzene rings is 1. The minimum Gasteiger partial charge on any atom is -0.480 e. The molecule has 0 aromatic heterocycles. The van der Waals surface area contributed by atoms with Gasteiger partial charge in [-0.1, -0.05) is 0 Å². The van der Waals surface area contributed by atoms with E-state index in [4.69, 9.17) is 10.8 Å². The number of carboxylic acids is 1. The number of carbonyl (C=O) groups excluding carboxylic acids is 2. The Balaban J connectivity index is 2.33. The van der Waals surface area contributed by atoms with Gasteiger partial charge >= 0.3 is 5.97 Å². The quantitative estimate of drug-likeness (QED) is 0.736. The van der Waals surface area contributed by atoms with E-state index in [9.17, 15) is 14.4 Å². The molecule has 1 aromatic carbocycles. The molecule has 0 saturated carbocycles. The van der Waals surface area contributed by atoms with E-state index in [0.717, 1.165) is 10.6 Å². The molecule has 0 unspecified atom stereocenters. The summed E-state index contributed by atoms with van der Waals surface area (Å²) in [5.74, 6) is -2.27. The van der Waals surface area contributed by atoms with Gasteiger partial charge in [-0.05, 0) is 18.2 Å². The van der Waals surface area contributed by atoms with Crippen LogP contribution < -0.4 is 10.6 Å². The van der Waals surface area contributed by atoms with Crippen LogP contribution in [0.15, 0.2) is 18.2 Å². The van der Waals surface area contributed by atoms with E-state index in [2.05, 4.69) is 0 Å². The van der Waals surface area contributed by atoms with Crippen LogP contribution in [0, 0.1) is 0 Å². The van der Waals surface area contributed by atoms with Gasteiger partial charge in [0.2, 0.25) is 0 Å². The average molecular weight is 277 g/mol. The van der Waals surface area contributed by atoms with Crippen molar-refractivity contribution in [1.82, 2.24) is 4.90 Å². The SMILES string of the molecule is CN(C)c1ccc2c(c1)C(=O)N(C[C@H](N)C(=O)O)C2=O. The highest BCUT2D eigenvalue weighted by atomic mass is 16.4. The van der Waals surface area contributed by atoms with Crippen molar-refractivity contribution in [3.05, 3.63) is 29.3 Å². The van der Waals surface area contributed by atoms with Crippen LogP contribution in [-0.2, 0) is 4.79 Å². The smallest absolute Gasteiger partial charge is 0.322 e. The van der Waals surface area contributed by atoms with E-state index < -0.39 is 23.8 Å². The van der Waals surface area contributed by atoms with Gasteiger partial charge in [-0.3, -0.25) is 19.3 Å². The number of anilines is 1. The molecule has 2 rings (SSSR count). The fourth-order valence-electron chi connectivity index (χ4n) is 2.00. The second-order valence-electron chi connectivity index (χ2n) is 4.79. The van der Waals surface area contributed by atoms with E-state index in [1.165, 1.54) is 0 Å². The lowest BCUT2D eigenvalue weighted by atomic mass is 10.1. The largest absolute Gasteiger partial charge is 0.480 e. The number of carboxylic acid groups (broad SMARTS) is 1. The molecule has 0 saturated heterocycles. The molecule has 2 amide bonds. The van der Waals surface area contributed by atoms with Crippen molar-refractivity contribution in [2.24, 2.45) is 5.73 Å². The van der Waals surface area contributed by atoms with Crippen LogP contribution in [0.3, 0.4) is 0 Å².